The fourth-order valence-electron chi connectivity index (χ4n) is 6.07. The molecule has 0 spiro atoms. The van der Waals surface area contributed by atoms with E-state index in [0.29, 0.717) is 18.7 Å². The van der Waals surface area contributed by atoms with Gasteiger partial charge in [-0.3, -0.25) is 4.79 Å². The monoisotopic (exact) mass is 456 g/mol. The van der Waals surface area contributed by atoms with Crippen molar-refractivity contribution in [1.29, 1.82) is 0 Å². The molecular weight excluding hydrogens is 428 g/mol. The lowest BCUT2D eigenvalue weighted by Crippen LogP contribution is -2.55. The minimum atomic E-state index is -1.12. The number of fused-ring (bicyclic) bond motifs is 6. The maximum absolute atomic E-state index is 12.7. The van der Waals surface area contributed by atoms with Crippen molar-refractivity contribution >= 4 is 49.9 Å². The number of hydrogen-bond donors (Lipinski definition) is 3. The molecule has 5 aromatic rings. The lowest BCUT2D eigenvalue weighted by Gasteiger charge is -2.40. The molecule has 174 valence electrons. The van der Waals surface area contributed by atoms with Crippen molar-refractivity contribution in [3.63, 3.8) is 0 Å². The molecule has 0 aliphatic carbocycles. The topological polar surface area (TPSA) is 94.4 Å². The number of aliphatic hydroxyl groups excluding tert-OH is 1. The molecule has 7 heteroatoms. The summed E-state index contributed by atoms with van der Waals surface area (Å²) in [6, 6.07) is 15.6. The molecule has 3 aromatic carbocycles. The van der Waals surface area contributed by atoms with Crippen LogP contribution in [0.3, 0.4) is 0 Å². The van der Waals surface area contributed by atoms with Gasteiger partial charge in [0.1, 0.15) is 6.10 Å². The summed E-state index contributed by atoms with van der Waals surface area (Å²) in [7, 11) is 3.50. The Morgan fingerprint density at radius 3 is 2.41 bits per heavy atom. The van der Waals surface area contributed by atoms with E-state index in [-0.39, 0.29) is 0 Å². The van der Waals surface area contributed by atoms with Gasteiger partial charge in [-0.25, -0.2) is 0 Å². The van der Waals surface area contributed by atoms with Crippen molar-refractivity contribution < 1.29 is 14.6 Å². The zero-order valence-electron chi connectivity index (χ0n) is 19.5. The van der Waals surface area contributed by atoms with Gasteiger partial charge in [-0.2, -0.15) is 0 Å². The van der Waals surface area contributed by atoms with Crippen molar-refractivity contribution in [2.75, 3.05) is 14.2 Å². The predicted molar refractivity (Wildman–Crippen MR) is 135 cm³/mol. The maximum Gasteiger partial charge on any atom is 0.169 e. The Morgan fingerprint density at radius 2 is 1.76 bits per heavy atom. The Kier molecular flexibility index (Phi) is 4.63. The summed E-state index contributed by atoms with van der Waals surface area (Å²) >= 11 is 0. The number of rotatable bonds is 4. The zero-order chi connectivity index (χ0) is 23.8. The van der Waals surface area contributed by atoms with Gasteiger partial charge in [-0.05, 0) is 31.7 Å². The van der Waals surface area contributed by atoms with Gasteiger partial charge in [0.05, 0.1) is 22.6 Å². The molecule has 0 amide bonds. The summed E-state index contributed by atoms with van der Waals surface area (Å²) in [4.78, 5) is 12.7. The largest absolute Gasteiger partial charge is 0.386 e. The summed E-state index contributed by atoms with van der Waals surface area (Å²) in [5, 5.41) is 18.7. The summed E-state index contributed by atoms with van der Waals surface area (Å²) < 4.78 is 10.3. The first kappa shape index (κ1) is 21.3. The first-order valence-corrected chi connectivity index (χ1v) is 11.6. The maximum atomic E-state index is 12.7. The van der Waals surface area contributed by atoms with E-state index in [2.05, 4.69) is 32.7 Å². The van der Waals surface area contributed by atoms with Crippen LogP contribution in [0.4, 0.5) is 0 Å². The second-order valence-electron chi connectivity index (χ2n) is 9.34. The molecule has 0 bridgehead atoms. The third-order valence-corrected chi connectivity index (χ3v) is 7.64. The summed E-state index contributed by atoms with van der Waals surface area (Å²) in [6.07, 6.45) is 0.00675. The van der Waals surface area contributed by atoms with E-state index in [4.69, 9.17) is 10.5 Å². The van der Waals surface area contributed by atoms with E-state index >= 15 is 0 Å². The van der Waals surface area contributed by atoms with Crippen molar-refractivity contribution in [2.24, 2.45) is 5.73 Å². The lowest BCUT2D eigenvalue weighted by molar-refractivity contribution is -0.151. The smallest absolute Gasteiger partial charge is 0.169 e. The van der Waals surface area contributed by atoms with Gasteiger partial charge >= 0.3 is 0 Å². The molecular formula is C27H28N4O3. The van der Waals surface area contributed by atoms with Gasteiger partial charge in [0, 0.05) is 52.8 Å². The normalized spacial score (nSPS) is 22.7. The van der Waals surface area contributed by atoms with Crippen LogP contribution in [0.15, 0.2) is 48.5 Å². The van der Waals surface area contributed by atoms with E-state index in [9.17, 15) is 9.90 Å². The number of benzene rings is 3. The fourth-order valence-corrected chi connectivity index (χ4v) is 6.07. The molecule has 1 aliphatic rings. The standard InChI is InChI=1S/C27H28N4O3/c1-27(34-3)26(33)19(28)13-30-20-10-6-4-8-15(20)23-18(14-32)17(12-29-2)22-16-9-5-7-11-21(16)31(27)25(22)24(23)30/h4-11,14,19,26,29,33H,12-13,28H2,1-3H3. The number of carbonyl (C=O) groups is 1. The highest BCUT2D eigenvalue weighted by Gasteiger charge is 2.44. The SMILES string of the molecule is CNCc1c(C=O)c2c3ccccc3n3c2c2c1c1ccccc1n2C(C)(OC)C(O)C(N)C3. The van der Waals surface area contributed by atoms with Crippen molar-refractivity contribution in [1.82, 2.24) is 14.5 Å². The lowest BCUT2D eigenvalue weighted by atomic mass is 9.94. The number of nitrogens with zero attached hydrogens (tertiary/aromatic N) is 2. The van der Waals surface area contributed by atoms with Gasteiger partial charge in [0.15, 0.2) is 12.0 Å². The minimum absolute atomic E-state index is 0.393. The van der Waals surface area contributed by atoms with Crippen LogP contribution in [0.25, 0.3) is 43.6 Å². The van der Waals surface area contributed by atoms with E-state index < -0.39 is 17.9 Å². The number of nitrogens with one attached hydrogen (secondary N) is 1. The van der Waals surface area contributed by atoms with Crippen molar-refractivity contribution in [3.05, 3.63) is 59.7 Å². The van der Waals surface area contributed by atoms with Gasteiger partial charge in [-0.15, -0.1) is 0 Å². The number of carbonyl (C=O) groups excluding carboxylic acids is 1. The molecule has 1 aliphatic heterocycles. The Balaban J connectivity index is 2.04. The third-order valence-electron chi connectivity index (χ3n) is 7.64. The van der Waals surface area contributed by atoms with Crippen molar-refractivity contribution in [3.8, 4) is 0 Å². The summed E-state index contributed by atoms with van der Waals surface area (Å²) in [6.45, 7) is 2.81. The second-order valence-corrected chi connectivity index (χ2v) is 9.34. The van der Waals surface area contributed by atoms with Crippen LogP contribution in [-0.2, 0) is 23.6 Å². The van der Waals surface area contributed by atoms with Gasteiger partial charge < -0.3 is 30.0 Å². The third kappa shape index (κ3) is 2.47. The molecule has 0 saturated carbocycles. The van der Waals surface area contributed by atoms with Crippen LogP contribution in [0, 0.1) is 0 Å². The zero-order valence-corrected chi connectivity index (χ0v) is 19.5. The first-order chi connectivity index (χ1) is 16.5. The fraction of sp³-hybridized carbons (Fsp3) is 0.296. The number of aldehydes is 1. The van der Waals surface area contributed by atoms with Crippen LogP contribution >= 0.6 is 0 Å². The van der Waals surface area contributed by atoms with Crippen molar-refractivity contribution in [2.45, 2.75) is 37.9 Å². The van der Waals surface area contributed by atoms with Crippen LogP contribution in [0.5, 0.6) is 0 Å². The second kappa shape index (κ2) is 7.38. The Hall–Kier alpha value is -3.23. The highest BCUT2D eigenvalue weighted by atomic mass is 16.5. The van der Waals surface area contributed by atoms with Crippen LogP contribution in [0.1, 0.15) is 22.8 Å². The highest BCUT2D eigenvalue weighted by Crippen LogP contribution is 2.47. The summed E-state index contributed by atoms with van der Waals surface area (Å²) in [5.74, 6) is 0. The molecule has 34 heavy (non-hydrogen) atoms. The first-order valence-electron chi connectivity index (χ1n) is 11.6. The number of ether oxygens (including phenoxy) is 1. The van der Waals surface area contributed by atoms with Gasteiger partial charge in [0.2, 0.25) is 0 Å². The number of hydrogen-bond acceptors (Lipinski definition) is 5. The van der Waals surface area contributed by atoms with Crippen LogP contribution in [-0.4, -0.2) is 46.8 Å². The van der Waals surface area contributed by atoms with Gasteiger partial charge in [-0.1, -0.05) is 36.4 Å². The van der Waals surface area contributed by atoms with E-state index in [1.807, 2.05) is 44.3 Å². The average molecular weight is 457 g/mol. The minimum Gasteiger partial charge on any atom is -0.386 e. The number of nitrogens with two attached hydrogens (primary N) is 1. The molecule has 4 N–H and O–H groups in total. The number of para-hydroxylation sites is 2. The average Bonchev–Trinajstić information content (AvgIpc) is 3.37. The Labute approximate surface area is 196 Å². The van der Waals surface area contributed by atoms with Crippen LogP contribution in [0.2, 0.25) is 0 Å². The molecule has 3 atom stereocenters. The van der Waals surface area contributed by atoms with E-state index in [1.165, 1.54) is 0 Å². The Bertz CT molecular complexity index is 1620. The quantitative estimate of drug-likeness (QED) is 0.360. The summed E-state index contributed by atoms with van der Waals surface area (Å²) in [5.41, 5.74) is 10.9. The van der Waals surface area contributed by atoms with Gasteiger partial charge in [0.25, 0.3) is 0 Å². The molecule has 0 fully saturated rings. The van der Waals surface area contributed by atoms with E-state index in [0.717, 1.165) is 55.5 Å². The van der Waals surface area contributed by atoms with E-state index in [1.54, 1.807) is 7.11 Å². The Morgan fingerprint density at radius 1 is 1.12 bits per heavy atom. The molecule has 3 unspecified atom stereocenters. The molecule has 2 aromatic heterocycles. The highest BCUT2D eigenvalue weighted by molar-refractivity contribution is 6.28. The predicted octanol–water partition coefficient (Wildman–Crippen LogP) is 3.46. The number of aromatic nitrogens is 2. The molecule has 3 heterocycles. The molecule has 6 rings (SSSR count). The molecule has 0 saturated heterocycles. The molecule has 7 nitrogen and oxygen atoms in total. The van der Waals surface area contributed by atoms with Crippen LogP contribution < -0.4 is 11.1 Å². The number of methoxy groups -OCH3 is 1. The number of aliphatic hydroxyl groups is 1. The molecule has 0 radical (unpaired) electrons.